The molecule has 3 aromatic rings. The normalized spacial score (nSPS) is 21.7. The second-order valence-corrected chi connectivity index (χ2v) is 11.4. The number of ketones is 2. The van der Waals surface area contributed by atoms with E-state index in [1.165, 1.54) is 31.9 Å². The average molecular weight is 620 g/mol. The van der Waals surface area contributed by atoms with E-state index >= 15 is 0 Å². The van der Waals surface area contributed by atoms with Crippen molar-refractivity contribution in [3.05, 3.63) is 96.8 Å². The van der Waals surface area contributed by atoms with Gasteiger partial charge in [-0.15, -0.1) is 0 Å². The molecule has 0 amide bonds. The molecule has 0 saturated heterocycles. The molecule has 11 nitrogen and oxygen atoms in total. The summed E-state index contributed by atoms with van der Waals surface area (Å²) in [6.07, 6.45) is 1.79. The molecule has 3 unspecified atom stereocenters. The first-order valence-corrected chi connectivity index (χ1v) is 14.3. The SMILES string of the molecule is C=CCOc1cccc(C2C3=C(CC(C)C4(Oc5c(Cl)c(OC)cc(OC)c5C4=O)C3=O)Nc3c2c(=O)n(C)c(=O)n3C)c1. The molecule has 6 rings (SSSR count). The van der Waals surface area contributed by atoms with Crippen molar-refractivity contribution >= 4 is 29.0 Å². The molecule has 0 fully saturated rings. The molecular formula is C32H30ClN3O8. The summed E-state index contributed by atoms with van der Waals surface area (Å²) in [5, 5.41) is 3.24. The molecule has 3 aliphatic rings. The van der Waals surface area contributed by atoms with E-state index in [0.717, 1.165) is 4.57 Å². The van der Waals surface area contributed by atoms with Gasteiger partial charge in [0.25, 0.3) is 5.56 Å². The number of halogens is 1. The molecule has 12 heteroatoms. The second-order valence-electron chi connectivity index (χ2n) is 11.0. The van der Waals surface area contributed by atoms with E-state index in [2.05, 4.69) is 11.9 Å². The van der Waals surface area contributed by atoms with Crippen LogP contribution < -0.4 is 35.5 Å². The third-order valence-electron chi connectivity index (χ3n) is 8.64. The van der Waals surface area contributed by atoms with Gasteiger partial charge in [0.15, 0.2) is 5.75 Å². The number of hydrogen-bond acceptors (Lipinski definition) is 9. The predicted octanol–water partition coefficient (Wildman–Crippen LogP) is 3.75. The highest BCUT2D eigenvalue weighted by Gasteiger charge is 2.63. The Morgan fingerprint density at radius 3 is 2.50 bits per heavy atom. The summed E-state index contributed by atoms with van der Waals surface area (Å²) in [4.78, 5) is 56.1. The number of rotatable bonds is 6. The van der Waals surface area contributed by atoms with E-state index < -0.39 is 40.3 Å². The zero-order valence-corrected chi connectivity index (χ0v) is 25.5. The van der Waals surface area contributed by atoms with Gasteiger partial charge in [-0.1, -0.05) is 43.3 Å². The van der Waals surface area contributed by atoms with Gasteiger partial charge in [0, 0.05) is 43.3 Å². The molecule has 2 aromatic carbocycles. The number of hydrogen-bond donors (Lipinski definition) is 1. The lowest BCUT2D eigenvalue weighted by Crippen LogP contribution is -2.58. The fourth-order valence-electron chi connectivity index (χ4n) is 6.46. The number of nitrogens with one attached hydrogen (secondary N) is 1. The molecule has 0 radical (unpaired) electrons. The van der Waals surface area contributed by atoms with E-state index in [1.54, 1.807) is 44.3 Å². The van der Waals surface area contributed by atoms with Gasteiger partial charge in [-0.25, -0.2) is 4.79 Å². The van der Waals surface area contributed by atoms with Gasteiger partial charge in [0.2, 0.25) is 17.2 Å². The van der Waals surface area contributed by atoms with Crippen molar-refractivity contribution < 1.29 is 28.5 Å². The minimum Gasteiger partial charge on any atom is -0.496 e. The zero-order chi connectivity index (χ0) is 31.7. The minimum absolute atomic E-state index is 0.00373. The predicted molar refractivity (Wildman–Crippen MR) is 163 cm³/mol. The molecule has 1 aromatic heterocycles. The molecule has 3 heterocycles. The van der Waals surface area contributed by atoms with E-state index in [1.807, 2.05) is 0 Å². The van der Waals surface area contributed by atoms with E-state index in [4.69, 9.17) is 30.5 Å². The average Bonchev–Trinajstić information content (AvgIpc) is 3.34. The van der Waals surface area contributed by atoms with E-state index in [9.17, 15) is 19.2 Å². The number of Topliss-reactive ketones (excluding diaryl/α,β-unsaturated/α-hetero) is 2. The van der Waals surface area contributed by atoms with Crippen LogP contribution in [0.4, 0.5) is 5.82 Å². The summed E-state index contributed by atoms with van der Waals surface area (Å²) in [5.41, 5.74) is -1.68. The maximum Gasteiger partial charge on any atom is 0.332 e. The third kappa shape index (κ3) is 3.88. The molecular weight excluding hydrogens is 590 g/mol. The molecule has 0 saturated carbocycles. The lowest BCUT2D eigenvalue weighted by Gasteiger charge is -2.42. The molecule has 2 aliphatic heterocycles. The number of benzene rings is 2. The Morgan fingerprint density at radius 2 is 1.82 bits per heavy atom. The summed E-state index contributed by atoms with van der Waals surface area (Å²) < 4.78 is 25.3. The Bertz CT molecular complexity index is 1940. The lowest BCUT2D eigenvalue weighted by atomic mass is 9.66. The highest BCUT2D eigenvalue weighted by atomic mass is 35.5. The van der Waals surface area contributed by atoms with Crippen LogP contribution in [0.25, 0.3) is 0 Å². The Hall–Kier alpha value is -4.77. The topological polar surface area (TPSA) is 127 Å². The molecule has 1 spiro atoms. The van der Waals surface area contributed by atoms with Gasteiger partial charge < -0.3 is 24.3 Å². The van der Waals surface area contributed by atoms with Crippen molar-refractivity contribution in [2.45, 2.75) is 24.9 Å². The van der Waals surface area contributed by atoms with Gasteiger partial charge in [-0.05, 0) is 24.1 Å². The Balaban J connectivity index is 1.60. The second kappa shape index (κ2) is 10.4. The number of allylic oxidation sites excluding steroid dienone is 1. The van der Waals surface area contributed by atoms with Crippen LogP contribution in [0.3, 0.4) is 0 Å². The van der Waals surface area contributed by atoms with Crippen LogP contribution in [-0.2, 0) is 18.9 Å². The van der Waals surface area contributed by atoms with Gasteiger partial charge in [-0.3, -0.25) is 23.5 Å². The largest absolute Gasteiger partial charge is 0.496 e. The number of nitrogens with zero attached hydrogens (tertiary/aromatic N) is 2. The number of carbonyl (C=O) groups excluding carboxylic acids is 2. The van der Waals surface area contributed by atoms with Gasteiger partial charge in [0.1, 0.15) is 40.3 Å². The molecule has 44 heavy (non-hydrogen) atoms. The van der Waals surface area contributed by atoms with Crippen molar-refractivity contribution in [2.24, 2.45) is 20.0 Å². The Labute approximate surface area is 257 Å². The summed E-state index contributed by atoms with van der Waals surface area (Å²) in [6.45, 7) is 5.67. The quantitative estimate of drug-likeness (QED) is 0.324. The van der Waals surface area contributed by atoms with Crippen molar-refractivity contribution in [2.75, 3.05) is 26.1 Å². The van der Waals surface area contributed by atoms with Crippen molar-refractivity contribution in [3.63, 3.8) is 0 Å². The van der Waals surface area contributed by atoms with Crippen molar-refractivity contribution in [1.29, 1.82) is 0 Å². The Kier molecular flexibility index (Phi) is 6.96. The van der Waals surface area contributed by atoms with Crippen molar-refractivity contribution in [1.82, 2.24) is 9.13 Å². The van der Waals surface area contributed by atoms with Crippen LogP contribution in [0, 0.1) is 5.92 Å². The monoisotopic (exact) mass is 619 g/mol. The van der Waals surface area contributed by atoms with Crippen LogP contribution in [-0.4, -0.2) is 47.1 Å². The van der Waals surface area contributed by atoms with E-state index in [0.29, 0.717) is 17.0 Å². The van der Waals surface area contributed by atoms with Gasteiger partial charge >= 0.3 is 5.69 Å². The van der Waals surface area contributed by atoms with Gasteiger partial charge in [0.05, 0.1) is 19.8 Å². The van der Waals surface area contributed by atoms with Crippen LogP contribution in [0.5, 0.6) is 23.0 Å². The molecule has 1 N–H and O–H groups in total. The molecule has 3 atom stereocenters. The minimum atomic E-state index is -2.00. The van der Waals surface area contributed by atoms with E-state index in [-0.39, 0.29) is 57.8 Å². The number of aromatic nitrogens is 2. The molecule has 0 bridgehead atoms. The smallest absolute Gasteiger partial charge is 0.332 e. The number of carbonyl (C=O) groups is 2. The summed E-state index contributed by atoms with van der Waals surface area (Å²) in [7, 11) is 5.75. The fraction of sp³-hybridized carbons (Fsp3) is 0.312. The molecule has 1 aliphatic carbocycles. The number of fused-ring (bicyclic) bond motifs is 2. The van der Waals surface area contributed by atoms with Crippen LogP contribution >= 0.6 is 11.6 Å². The number of methoxy groups -OCH3 is 2. The maximum absolute atomic E-state index is 15.0. The highest BCUT2D eigenvalue weighted by molar-refractivity contribution is 6.36. The first-order valence-electron chi connectivity index (χ1n) is 13.9. The fourth-order valence-corrected chi connectivity index (χ4v) is 6.73. The Morgan fingerprint density at radius 1 is 1.09 bits per heavy atom. The van der Waals surface area contributed by atoms with Crippen LogP contribution in [0.15, 0.2) is 63.8 Å². The standard InChI is InChI=1S/C32H30ClN3O8/c1-7-11-43-17-10-8-9-16(13-17)21-22-18(34-29-24(21)30(39)36(4)31(40)35(29)3)12-15(2)32(27(22)37)28(38)23-19(41-5)14-20(42-6)25(33)26(23)44-32/h7-10,13-15,21,34H,1,11-12H2,2-6H3. The highest BCUT2D eigenvalue weighted by Crippen LogP contribution is 2.56. The third-order valence-corrected chi connectivity index (χ3v) is 8.99. The lowest BCUT2D eigenvalue weighted by molar-refractivity contribution is -0.130. The summed E-state index contributed by atoms with van der Waals surface area (Å²) >= 11 is 6.61. The van der Waals surface area contributed by atoms with Crippen molar-refractivity contribution in [3.8, 4) is 23.0 Å². The van der Waals surface area contributed by atoms with Gasteiger partial charge in [-0.2, -0.15) is 0 Å². The first kappa shape index (κ1) is 29.3. The maximum atomic E-state index is 15.0. The van der Waals surface area contributed by atoms with Crippen LogP contribution in [0.1, 0.15) is 40.7 Å². The zero-order valence-electron chi connectivity index (χ0n) is 24.8. The van der Waals surface area contributed by atoms with Crippen LogP contribution in [0.2, 0.25) is 5.02 Å². The molecule has 228 valence electrons. The summed E-state index contributed by atoms with van der Waals surface area (Å²) in [6, 6.07) is 8.47. The summed E-state index contributed by atoms with van der Waals surface area (Å²) in [5.74, 6) is -1.74. The number of ether oxygens (including phenoxy) is 4. The number of anilines is 1. The first-order chi connectivity index (χ1) is 21.0.